The van der Waals surface area contributed by atoms with E-state index >= 15 is 0 Å². The summed E-state index contributed by atoms with van der Waals surface area (Å²) in [6.07, 6.45) is 0. The van der Waals surface area contributed by atoms with Gasteiger partial charge in [-0.3, -0.25) is 9.78 Å². The third-order valence-electron chi connectivity index (χ3n) is 2.98. The van der Waals surface area contributed by atoms with Gasteiger partial charge in [0.05, 0.1) is 12.2 Å². The highest BCUT2D eigenvalue weighted by molar-refractivity contribution is 7.89. The molecule has 0 aliphatic carbocycles. The Hall–Kier alpha value is -1.94. The van der Waals surface area contributed by atoms with Crippen LogP contribution in [0.15, 0.2) is 4.90 Å². The second-order valence-corrected chi connectivity index (χ2v) is 6.50. The van der Waals surface area contributed by atoms with Crippen LogP contribution in [0.2, 0.25) is 0 Å². The van der Waals surface area contributed by atoms with E-state index in [9.17, 15) is 8.42 Å². The Balaban J connectivity index is 2.34. The molecule has 2 aromatic heterocycles. The third kappa shape index (κ3) is 2.39. The van der Waals surface area contributed by atoms with Crippen molar-refractivity contribution in [1.29, 1.82) is 0 Å². The zero-order valence-electron chi connectivity index (χ0n) is 11.7. The molecule has 0 radical (unpaired) electrons. The van der Waals surface area contributed by atoms with Crippen molar-refractivity contribution < 1.29 is 8.42 Å². The van der Waals surface area contributed by atoms with Crippen LogP contribution in [0.3, 0.4) is 0 Å². The van der Waals surface area contributed by atoms with Crippen LogP contribution in [0.5, 0.6) is 0 Å². The summed E-state index contributed by atoms with van der Waals surface area (Å²) in [6, 6.07) is 0. The molecule has 0 atom stereocenters. The molecular weight excluding hydrogens is 282 g/mol. The Morgan fingerprint density at radius 3 is 2.50 bits per heavy atom. The second-order valence-electron chi connectivity index (χ2n) is 4.52. The number of nitrogens with two attached hydrogens (primary N) is 1. The van der Waals surface area contributed by atoms with E-state index in [-0.39, 0.29) is 17.3 Å². The van der Waals surface area contributed by atoms with Gasteiger partial charge < -0.3 is 5.73 Å². The van der Waals surface area contributed by atoms with E-state index in [0.29, 0.717) is 17.3 Å². The molecule has 3 N–H and O–H groups in total. The molecule has 0 fully saturated rings. The number of aromatic nitrogens is 5. The Kier molecular flexibility index (Phi) is 3.52. The van der Waals surface area contributed by atoms with Crippen LogP contribution in [0.1, 0.15) is 17.3 Å². The van der Waals surface area contributed by atoms with Crippen LogP contribution >= 0.6 is 0 Å². The molecule has 2 rings (SSSR count). The minimum absolute atomic E-state index is 0.0111. The maximum Gasteiger partial charge on any atom is 0.248 e. The van der Waals surface area contributed by atoms with Crippen molar-refractivity contribution in [3.8, 4) is 0 Å². The van der Waals surface area contributed by atoms with Crippen LogP contribution in [0.4, 0.5) is 5.82 Å². The number of sulfonamides is 1. The van der Waals surface area contributed by atoms with E-state index in [1.165, 1.54) is 11.7 Å². The molecule has 20 heavy (non-hydrogen) atoms. The highest BCUT2D eigenvalue weighted by Crippen LogP contribution is 2.24. The zero-order chi connectivity index (χ0) is 15.1. The van der Waals surface area contributed by atoms with Crippen molar-refractivity contribution in [3.05, 3.63) is 17.3 Å². The maximum atomic E-state index is 12.5. The number of aromatic amines is 1. The number of nitrogens with one attached hydrogen (secondary N) is 1. The zero-order valence-corrected chi connectivity index (χ0v) is 12.6. The van der Waals surface area contributed by atoms with E-state index < -0.39 is 10.0 Å². The average molecular weight is 299 g/mol. The lowest BCUT2D eigenvalue weighted by Crippen LogP contribution is -2.28. The van der Waals surface area contributed by atoms with Crippen LogP contribution in [0, 0.1) is 13.8 Å². The molecule has 0 amide bonds. The van der Waals surface area contributed by atoms with Crippen molar-refractivity contribution in [2.75, 3.05) is 12.8 Å². The SMILES string of the molecule is Cc1nc(CN(C)S(=O)(=O)c2c(N)nn(C)c2C)n[nH]1. The van der Waals surface area contributed by atoms with Gasteiger partial charge in [0.15, 0.2) is 11.6 Å². The Morgan fingerprint density at radius 2 is 2.05 bits per heavy atom. The molecular formula is C10H17N7O2S. The topological polar surface area (TPSA) is 123 Å². The first-order valence-corrected chi connectivity index (χ1v) is 7.30. The number of hydrogen-bond acceptors (Lipinski definition) is 6. The van der Waals surface area contributed by atoms with E-state index in [0.717, 1.165) is 4.31 Å². The molecule has 9 nitrogen and oxygen atoms in total. The lowest BCUT2D eigenvalue weighted by molar-refractivity contribution is 0.457. The average Bonchev–Trinajstić information content (AvgIpc) is 2.84. The number of rotatable bonds is 4. The molecule has 0 aliphatic heterocycles. The minimum Gasteiger partial charge on any atom is -0.381 e. The van der Waals surface area contributed by atoms with Crippen molar-refractivity contribution >= 4 is 15.8 Å². The molecule has 0 aromatic carbocycles. The normalized spacial score (nSPS) is 12.2. The Labute approximate surface area is 116 Å². The van der Waals surface area contributed by atoms with Gasteiger partial charge in [0.25, 0.3) is 0 Å². The summed E-state index contributed by atoms with van der Waals surface area (Å²) in [4.78, 5) is 4.11. The molecule has 10 heteroatoms. The van der Waals surface area contributed by atoms with Gasteiger partial charge in [-0.25, -0.2) is 13.4 Å². The number of nitrogen functional groups attached to an aromatic ring is 1. The van der Waals surface area contributed by atoms with Crippen LogP contribution in [-0.2, 0) is 23.6 Å². The number of aryl methyl sites for hydroxylation is 2. The van der Waals surface area contributed by atoms with Gasteiger partial charge in [-0.15, -0.1) is 0 Å². The standard InChI is InChI=1S/C10H17N7O2S/c1-6-9(10(11)15-17(6)4)20(18,19)16(3)5-8-12-7(2)13-14-8/h5H2,1-4H3,(H2,11,15)(H,12,13,14). The van der Waals surface area contributed by atoms with Gasteiger partial charge in [-0.05, 0) is 13.8 Å². The second kappa shape index (κ2) is 4.87. The van der Waals surface area contributed by atoms with Gasteiger partial charge in [0.2, 0.25) is 10.0 Å². The molecule has 0 saturated carbocycles. The van der Waals surface area contributed by atoms with Crippen molar-refractivity contribution in [2.45, 2.75) is 25.3 Å². The van der Waals surface area contributed by atoms with Gasteiger partial charge in [0.1, 0.15) is 10.7 Å². The monoisotopic (exact) mass is 299 g/mol. The number of hydrogen-bond donors (Lipinski definition) is 2. The first kappa shape index (κ1) is 14.5. The highest BCUT2D eigenvalue weighted by atomic mass is 32.2. The summed E-state index contributed by atoms with van der Waals surface area (Å²) >= 11 is 0. The molecule has 2 heterocycles. The number of H-pyrrole nitrogens is 1. The van der Waals surface area contributed by atoms with Crippen LogP contribution < -0.4 is 5.73 Å². The molecule has 0 spiro atoms. The molecule has 0 aliphatic rings. The van der Waals surface area contributed by atoms with E-state index in [1.807, 2.05) is 0 Å². The van der Waals surface area contributed by atoms with Gasteiger partial charge in [0, 0.05) is 14.1 Å². The fourth-order valence-corrected chi connectivity index (χ4v) is 3.24. The van der Waals surface area contributed by atoms with Crippen LogP contribution in [0.25, 0.3) is 0 Å². The number of nitrogens with zero attached hydrogens (tertiary/aromatic N) is 5. The van der Waals surface area contributed by atoms with Crippen LogP contribution in [-0.4, -0.2) is 44.7 Å². The highest BCUT2D eigenvalue weighted by Gasteiger charge is 2.29. The lowest BCUT2D eigenvalue weighted by Gasteiger charge is -2.15. The van der Waals surface area contributed by atoms with Gasteiger partial charge in [-0.2, -0.15) is 14.5 Å². The fraction of sp³-hybridized carbons (Fsp3) is 0.500. The fourth-order valence-electron chi connectivity index (χ4n) is 1.83. The molecule has 110 valence electrons. The lowest BCUT2D eigenvalue weighted by atomic mass is 10.5. The molecule has 0 bridgehead atoms. The summed E-state index contributed by atoms with van der Waals surface area (Å²) < 4.78 is 27.6. The number of anilines is 1. The van der Waals surface area contributed by atoms with E-state index in [1.54, 1.807) is 20.9 Å². The Morgan fingerprint density at radius 1 is 1.40 bits per heavy atom. The van der Waals surface area contributed by atoms with Crippen molar-refractivity contribution in [2.24, 2.45) is 7.05 Å². The predicted octanol–water partition coefficient (Wildman–Crippen LogP) is -0.442. The summed E-state index contributed by atoms with van der Waals surface area (Å²) in [7, 11) is -0.644. The molecule has 0 unspecified atom stereocenters. The van der Waals surface area contributed by atoms with Gasteiger partial charge in [-0.1, -0.05) is 0 Å². The molecule has 0 saturated heterocycles. The first-order chi connectivity index (χ1) is 9.23. The quantitative estimate of drug-likeness (QED) is 0.789. The molecule has 2 aromatic rings. The Bertz CT molecular complexity index is 731. The predicted molar refractivity (Wildman–Crippen MR) is 72.1 cm³/mol. The largest absolute Gasteiger partial charge is 0.381 e. The summed E-state index contributed by atoms with van der Waals surface area (Å²) in [6.45, 7) is 3.45. The van der Waals surface area contributed by atoms with E-state index in [4.69, 9.17) is 5.73 Å². The van der Waals surface area contributed by atoms with Gasteiger partial charge >= 0.3 is 0 Å². The smallest absolute Gasteiger partial charge is 0.248 e. The summed E-state index contributed by atoms with van der Waals surface area (Å²) in [5, 5.41) is 10.5. The third-order valence-corrected chi connectivity index (χ3v) is 4.95. The minimum atomic E-state index is -3.74. The van der Waals surface area contributed by atoms with Crippen molar-refractivity contribution in [1.82, 2.24) is 29.3 Å². The summed E-state index contributed by atoms with van der Waals surface area (Å²) in [5.74, 6) is 1.01. The first-order valence-electron chi connectivity index (χ1n) is 5.86. The van der Waals surface area contributed by atoms with E-state index in [2.05, 4.69) is 20.3 Å². The van der Waals surface area contributed by atoms with Crippen molar-refractivity contribution in [3.63, 3.8) is 0 Å². The maximum absolute atomic E-state index is 12.5. The summed E-state index contributed by atoms with van der Waals surface area (Å²) in [5.41, 5.74) is 6.18.